The number of hydrogen-bond donors (Lipinski definition) is 0. The lowest BCUT2D eigenvalue weighted by Gasteiger charge is -2.42. The average Bonchev–Trinajstić information content (AvgIpc) is 3.30. The third-order valence-corrected chi connectivity index (χ3v) is 9.68. The lowest BCUT2D eigenvalue weighted by molar-refractivity contribution is -0.137. The highest BCUT2D eigenvalue weighted by atomic mass is 35.5. The Hall–Kier alpha value is -2.01. The summed E-state index contributed by atoms with van der Waals surface area (Å²) in [5.41, 5.74) is -2.23. The molecule has 11 nitrogen and oxygen atoms in total. The third kappa shape index (κ3) is 8.74. The number of rotatable bonds is 7. The molecular formula is C22H33Cl2F3N4O7S2. The lowest BCUT2D eigenvalue weighted by atomic mass is 10.0. The summed E-state index contributed by atoms with van der Waals surface area (Å²) in [4.78, 5) is 30.7. The van der Waals surface area contributed by atoms with Gasteiger partial charge in [-0.05, 0) is 43.6 Å². The van der Waals surface area contributed by atoms with Gasteiger partial charge >= 0.3 is 12.3 Å². The van der Waals surface area contributed by atoms with E-state index in [0.29, 0.717) is 31.2 Å². The Bertz CT molecular complexity index is 1250. The average molecular weight is 658 g/mol. The Morgan fingerprint density at radius 1 is 1.00 bits per heavy atom. The first kappa shape index (κ1) is 36.0. The van der Waals surface area contributed by atoms with E-state index in [9.17, 15) is 39.6 Å². The number of amides is 2. The number of sulfonamides is 2. The van der Waals surface area contributed by atoms with E-state index in [1.54, 1.807) is 0 Å². The molecule has 0 spiro atoms. The molecule has 230 valence electrons. The van der Waals surface area contributed by atoms with Crippen molar-refractivity contribution in [3.05, 3.63) is 29.3 Å². The van der Waals surface area contributed by atoms with Crippen molar-refractivity contribution in [3.63, 3.8) is 0 Å². The summed E-state index contributed by atoms with van der Waals surface area (Å²) in [6.45, 7) is 2.54. The Balaban J connectivity index is 0.00000400. The second-order valence-electron chi connectivity index (χ2n) is 9.41. The number of benzene rings is 1. The largest absolute Gasteiger partial charge is 0.453 e. The summed E-state index contributed by atoms with van der Waals surface area (Å²) >= 11 is 0. The van der Waals surface area contributed by atoms with Gasteiger partial charge in [0.2, 0.25) is 26.0 Å². The van der Waals surface area contributed by atoms with Crippen molar-refractivity contribution in [2.45, 2.75) is 31.5 Å². The molecule has 40 heavy (non-hydrogen) atoms. The minimum absolute atomic E-state index is 0. The molecule has 0 aliphatic carbocycles. The minimum Gasteiger partial charge on any atom is -0.453 e. The number of piperazine rings is 1. The van der Waals surface area contributed by atoms with Crippen molar-refractivity contribution in [3.8, 4) is 0 Å². The molecule has 2 aliphatic rings. The smallest absolute Gasteiger partial charge is 0.416 e. The van der Waals surface area contributed by atoms with E-state index in [0.717, 1.165) is 32.0 Å². The molecular weight excluding hydrogens is 624 g/mol. The highest BCUT2D eigenvalue weighted by molar-refractivity contribution is 8.09. The molecule has 1 atom stereocenters. The predicted molar refractivity (Wildman–Crippen MR) is 147 cm³/mol. The van der Waals surface area contributed by atoms with Gasteiger partial charge in [-0.25, -0.2) is 21.6 Å². The van der Waals surface area contributed by atoms with Gasteiger partial charge in [0, 0.05) is 26.2 Å². The van der Waals surface area contributed by atoms with Gasteiger partial charge in [0.15, 0.2) is 0 Å². The van der Waals surface area contributed by atoms with Crippen LogP contribution in [0.4, 0.5) is 23.7 Å². The number of methoxy groups -OCH3 is 1. The Labute approximate surface area is 244 Å². The second kappa shape index (κ2) is 13.8. The molecule has 2 fully saturated rings. The normalized spacial score (nSPS) is 18.5. The zero-order valence-corrected chi connectivity index (χ0v) is 25.4. The zero-order chi connectivity index (χ0) is 28.5. The number of hydrogen-bond acceptors (Lipinski definition) is 8. The molecule has 1 aromatic rings. The first-order valence-electron chi connectivity index (χ1n) is 11.8. The van der Waals surface area contributed by atoms with Gasteiger partial charge in [-0.15, -0.1) is 24.8 Å². The van der Waals surface area contributed by atoms with Crippen LogP contribution >= 0.6 is 24.8 Å². The summed E-state index contributed by atoms with van der Waals surface area (Å²) < 4.78 is 94.5. The molecule has 0 aromatic heterocycles. The highest BCUT2D eigenvalue weighted by Gasteiger charge is 2.38. The molecule has 1 aromatic carbocycles. The molecule has 0 N–H and O–H groups in total. The maximum atomic E-state index is 13.5. The highest BCUT2D eigenvalue weighted by Crippen LogP contribution is 2.35. The van der Waals surface area contributed by atoms with Crippen molar-refractivity contribution in [2.75, 3.05) is 62.6 Å². The van der Waals surface area contributed by atoms with Gasteiger partial charge < -0.3 is 19.4 Å². The molecule has 0 saturated carbocycles. The molecule has 3 rings (SSSR count). The van der Waals surface area contributed by atoms with Crippen LogP contribution < -0.4 is 3.71 Å². The fourth-order valence-electron chi connectivity index (χ4n) is 4.83. The number of carbonyl (C=O) groups excluding carboxylic acids is 2. The molecule has 2 amide bonds. The van der Waals surface area contributed by atoms with Gasteiger partial charge in [-0.3, -0.25) is 4.79 Å². The number of anilines is 1. The number of alkyl halides is 3. The van der Waals surface area contributed by atoms with Crippen molar-refractivity contribution < 1.29 is 44.3 Å². The monoisotopic (exact) mass is 656 g/mol. The van der Waals surface area contributed by atoms with E-state index in [1.807, 2.05) is 0 Å². The zero-order valence-electron chi connectivity index (χ0n) is 22.1. The van der Waals surface area contributed by atoms with Crippen LogP contribution in [0.1, 0.15) is 24.0 Å². The van der Waals surface area contributed by atoms with Crippen LogP contribution in [0, 0.1) is 0 Å². The quantitative estimate of drug-likeness (QED) is 0.438. The van der Waals surface area contributed by atoms with Crippen LogP contribution in [-0.2, 0) is 42.2 Å². The summed E-state index contributed by atoms with van der Waals surface area (Å²) in [5, 5.41) is 0. The topological polar surface area (TPSA) is 125 Å². The Morgan fingerprint density at radius 2 is 1.57 bits per heavy atom. The molecule has 2 aliphatic heterocycles. The molecule has 2 heterocycles. The van der Waals surface area contributed by atoms with Crippen LogP contribution in [0.15, 0.2) is 18.2 Å². The third-order valence-electron chi connectivity index (χ3n) is 6.46. The Kier molecular flexibility index (Phi) is 12.4. The van der Waals surface area contributed by atoms with Gasteiger partial charge in [-0.1, -0.05) is 6.07 Å². The molecule has 18 heteroatoms. The standard InChI is InChI=1S/C22H31F3N4O7S2.2ClH/c1-36-21(31)27-10-11-28(18(15-27)14-26-8-4-5-9-26)20(30)12-16-6-7-17(22(23,24)25)13-19(16)29(37(2,32)33)38(3,34)35;;/h6-7,13,18H,4-5,8-12,14-15H2,1-3H3;2*1H/t18-;;/m1../s1. The molecule has 2 saturated heterocycles. The van der Waals surface area contributed by atoms with Crippen LogP contribution in [-0.4, -0.2) is 108 Å². The van der Waals surface area contributed by atoms with Crippen molar-refractivity contribution in [2.24, 2.45) is 0 Å². The summed E-state index contributed by atoms with van der Waals surface area (Å²) in [6, 6.07) is 1.56. The number of carbonyl (C=O) groups is 2. The number of nitrogens with zero attached hydrogens (tertiary/aromatic N) is 4. The fourth-order valence-corrected chi connectivity index (χ4v) is 7.85. The van der Waals surface area contributed by atoms with Gasteiger partial charge in [0.25, 0.3) is 0 Å². The van der Waals surface area contributed by atoms with Crippen LogP contribution in [0.5, 0.6) is 0 Å². The molecule has 0 unspecified atom stereocenters. The SMILES string of the molecule is COC(=O)N1CCN(C(=O)Cc2ccc(C(F)(F)F)cc2N(S(C)(=O)=O)S(C)(=O)=O)[C@H](CN2CCCC2)C1.Cl.Cl. The van der Waals surface area contributed by atoms with Crippen LogP contribution in [0.3, 0.4) is 0 Å². The Morgan fingerprint density at radius 3 is 2.08 bits per heavy atom. The van der Waals surface area contributed by atoms with E-state index in [1.165, 1.54) is 16.9 Å². The number of ether oxygens (including phenoxy) is 1. The predicted octanol–water partition coefficient (Wildman–Crippen LogP) is 2.19. The maximum Gasteiger partial charge on any atom is 0.416 e. The van der Waals surface area contributed by atoms with E-state index in [-0.39, 0.29) is 53.7 Å². The van der Waals surface area contributed by atoms with Gasteiger partial charge in [-0.2, -0.15) is 16.9 Å². The van der Waals surface area contributed by atoms with Crippen LogP contribution in [0.2, 0.25) is 0 Å². The summed E-state index contributed by atoms with van der Waals surface area (Å²) in [5.74, 6) is -0.540. The van der Waals surface area contributed by atoms with E-state index in [4.69, 9.17) is 4.74 Å². The summed E-state index contributed by atoms with van der Waals surface area (Å²) in [6.07, 6.45) is -2.90. The fraction of sp³-hybridized carbons (Fsp3) is 0.636. The van der Waals surface area contributed by atoms with Crippen molar-refractivity contribution in [1.82, 2.24) is 14.7 Å². The number of halogens is 5. The number of likely N-dealkylation sites (tertiary alicyclic amines) is 1. The maximum absolute atomic E-state index is 13.5. The van der Waals surface area contributed by atoms with E-state index >= 15 is 0 Å². The second-order valence-corrected chi connectivity index (χ2v) is 13.3. The van der Waals surface area contributed by atoms with Gasteiger partial charge in [0.05, 0.1) is 43.3 Å². The molecule has 0 radical (unpaired) electrons. The minimum atomic E-state index is -4.89. The first-order chi connectivity index (χ1) is 17.5. The van der Waals surface area contributed by atoms with E-state index < -0.39 is 61.9 Å². The van der Waals surface area contributed by atoms with E-state index in [2.05, 4.69) is 4.90 Å². The molecule has 0 bridgehead atoms. The van der Waals surface area contributed by atoms with Gasteiger partial charge in [0.1, 0.15) is 0 Å². The summed E-state index contributed by atoms with van der Waals surface area (Å²) in [7, 11) is -7.91. The lowest BCUT2D eigenvalue weighted by Crippen LogP contribution is -2.59. The van der Waals surface area contributed by atoms with Crippen molar-refractivity contribution in [1.29, 1.82) is 0 Å². The van der Waals surface area contributed by atoms with Crippen molar-refractivity contribution >= 4 is 62.5 Å². The van der Waals surface area contributed by atoms with Crippen LogP contribution in [0.25, 0.3) is 0 Å². The first-order valence-corrected chi connectivity index (χ1v) is 15.5.